The lowest BCUT2D eigenvalue weighted by Crippen LogP contribution is -2.51. The van der Waals surface area contributed by atoms with Crippen LogP contribution in [0, 0.1) is 10.1 Å². The molecule has 0 bridgehead atoms. The molecule has 0 atom stereocenters. The highest BCUT2D eigenvalue weighted by atomic mass is 16.6. The van der Waals surface area contributed by atoms with Crippen LogP contribution in [0.3, 0.4) is 0 Å². The molecule has 7 N–H and O–H groups in total. The fourth-order valence-electron chi connectivity index (χ4n) is 11.7. The zero-order valence-electron chi connectivity index (χ0n) is 62.8. The van der Waals surface area contributed by atoms with Crippen molar-refractivity contribution in [2.45, 2.75) is 52.7 Å². The number of nitrogens with one attached hydrogen (secondary N) is 2. The van der Waals surface area contributed by atoms with E-state index >= 15 is 0 Å². The first-order valence-electron chi connectivity index (χ1n) is 35.1. The van der Waals surface area contributed by atoms with Crippen molar-refractivity contribution < 1.29 is 72.9 Å². The van der Waals surface area contributed by atoms with Gasteiger partial charge < -0.3 is 103 Å². The number of nitro groups is 1. The molecule has 5 aliphatic heterocycles. The molecule has 33 heteroatoms. The summed E-state index contributed by atoms with van der Waals surface area (Å²) in [6.07, 6.45) is 8.55. The number of anilines is 1. The number of nitro benzene ring substituents is 1. The predicted molar refractivity (Wildman–Crippen MR) is 398 cm³/mol. The Morgan fingerprint density at radius 1 is 0.383 bits per heavy atom. The van der Waals surface area contributed by atoms with Crippen LogP contribution in [-0.2, 0) is 44.7 Å². The van der Waals surface area contributed by atoms with Crippen LogP contribution >= 0.6 is 0 Å². The summed E-state index contributed by atoms with van der Waals surface area (Å²) in [5.74, 6) is -2.48. The van der Waals surface area contributed by atoms with Crippen LogP contribution in [0.15, 0.2) is 128 Å². The summed E-state index contributed by atoms with van der Waals surface area (Å²) >= 11 is 0. The van der Waals surface area contributed by atoms with Crippen molar-refractivity contribution in [3.05, 3.63) is 178 Å². The number of aryl methyl sites for hydroxylation is 5. The van der Waals surface area contributed by atoms with E-state index in [1.165, 1.54) is 17.0 Å². The Morgan fingerprint density at radius 3 is 0.925 bits per heavy atom. The maximum Gasteiger partial charge on any atom is 0.410 e. The SMILES string of the molecule is CC(C)(C)OC(=O)N1CCNCC1.Cn1cccc1C(=O)N1CCN(C(=O)OC(C)(C)C)CC1.Cn1cccc1C(=O)N1CCN(C(=O)c2cccc(N)c2O)CC1.Cn1cccc1C(=O)N1CCN(C(=O)c2cccc([N+](=O)[O-])c2O)CC1.Cn1cccc1C(=O)N1CCNCC1.Cn1cccc1C(=O)O. The minimum Gasteiger partial charge on any atom is -0.505 e. The molecule has 5 aliphatic rings. The summed E-state index contributed by atoms with van der Waals surface area (Å²) in [4.78, 5) is 132. The lowest BCUT2D eigenvalue weighted by atomic mass is 10.1. The summed E-state index contributed by atoms with van der Waals surface area (Å²) in [5.41, 5.74) is 7.47. The topological polar surface area (TPSA) is 377 Å². The van der Waals surface area contributed by atoms with E-state index in [0.29, 0.717) is 88.2 Å². The van der Waals surface area contributed by atoms with E-state index in [2.05, 4.69) is 10.6 Å². The van der Waals surface area contributed by atoms with E-state index in [-0.39, 0.29) is 83.0 Å². The molecule has 5 fully saturated rings. The van der Waals surface area contributed by atoms with Gasteiger partial charge in [0, 0.05) is 203 Å². The first-order valence-corrected chi connectivity index (χ1v) is 35.1. The van der Waals surface area contributed by atoms with Crippen LogP contribution in [0.2, 0.25) is 0 Å². The average Bonchev–Trinajstić information content (AvgIpc) is 1.12. The number of aromatic carboxylic acids is 1. The Morgan fingerprint density at radius 2 is 0.645 bits per heavy atom. The van der Waals surface area contributed by atoms with Gasteiger partial charge in [-0.3, -0.25) is 38.9 Å². The van der Waals surface area contributed by atoms with Crippen molar-refractivity contribution in [1.29, 1.82) is 0 Å². The number of aromatic hydroxyl groups is 2. The Balaban J connectivity index is 0.000000184. The fourth-order valence-corrected chi connectivity index (χ4v) is 11.7. The highest BCUT2D eigenvalue weighted by molar-refractivity contribution is 6.00. The first kappa shape index (κ1) is 82.7. The zero-order valence-corrected chi connectivity index (χ0v) is 62.8. The molecule has 7 aromatic rings. The van der Waals surface area contributed by atoms with Crippen LogP contribution in [0.5, 0.6) is 11.5 Å². The van der Waals surface area contributed by atoms with Crippen molar-refractivity contribution in [3.8, 4) is 11.5 Å². The van der Waals surface area contributed by atoms with Crippen molar-refractivity contribution in [2.24, 2.45) is 35.2 Å². The summed E-state index contributed by atoms with van der Waals surface area (Å²) in [6, 6.07) is 26.4. The summed E-state index contributed by atoms with van der Waals surface area (Å²) < 4.78 is 19.3. The van der Waals surface area contributed by atoms with Gasteiger partial charge in [-0.2, -0.15) is 0 Å². The van der Waals surface area contributed by atoms with Gasteiger partial charge in [0.1, 0.15) is 39.7 Å². The van der Waals surface area contributed by atoms with E-state index in [9.17, 15) is 63.5 Å². The highest BCUT2D eigenvalue weighted by Gasteiger charge is 2.33. The van der Waals surface area contributed by atoms with Crippen molar-refractivity contribution in [2.75, 3.05) is 137 Å². The number of ether oxygens (including phenoxy) is 2. The van der Waals surface area contributed by atoms with Crippen molar-refractivity contribution >= 4 is 65.0 Å². The van der Waals surface area contributed by atoms with Crippen LogP contribution in [-0.4, -0.2) is 278 Å². The van der Waals surface area contributed by atoms with E-state index in [4.69, 9.17) is 20.3 Å². The number of para-hydroxylation sites is 2. The summed E-state index contributed by atoms with van der Waals surface area (Å²) in [7, 11) is 9.07. The smallest absolute Gasteiger partial charge is 0.410 e. The summed E-state index contributed by atoms with van der Waals surface area (Å²) in [5, 5.41) is 45.7. The molecule has 0 unspecified atom stereocenters. The number of phenols is 2. The Hall–Kier alpha value is -11.6. The largest absolute Gasteiger partial charge is 0.505 e. The maximum atomic E-state index is 12.6. The van der Waals surface area contributed by atoms with Gasteiger partial charge in [0.25, 0.3) is 35.4 Å². The van der Waals surface area contributed by atoms with E-state index in [1.54, 1.807) is 118 Å². The first-order chi connectivity index (χ1) is 50.7. The number of carboxylic acid groups (broad SMARTS) is 1. The number of carboxylic acids is 1. The van der Waals surface area contributed by atoms with Gasteiger partial charge in [0.15, 0.2) is 5.75 Å². The number of carbonyl (C=O) groups is 9. The molecule has 5 aromatic heterocycles. The van der Waals surface area contributed by atoms with Gasteiger partial charge in [-0.15, -0.1) is 0 Å². The number of benzene rings is 2. The molecule has 0 aliphatic carbocycles. The van der Waals surface area contributed by atoms with Gasteiger partial charge >= 0.3 is 23.8 Å². The number of amides is 8. The number of phenolic OH excluding ortho intramolecular Hbond substituents is 2. The number of nitrogen functional groups attached to an aromatic ring is 1. The van der Waals surface area contributed by atoms with E-state index in [0.717, 1.165) is 64.1 Å². The molecule has 0 spiro atoms. The normalized spacial score (nSPS) is 15.2. The Bertz CT molecular complexity index is 4200. The van der Waals surface area contributed by atoms with Gasteiger partial charge in [-0.25, -0.2) is 14.4 Å². The van der Waals surface area contributed by atoms with Crippen LogP contribution < -0.4 is 16.4 Å². The molecule has 578 valence electrons. The number of hydrogen-bond acceptors (Lipinski definition) is 18. The van der Waals surface area contributed by atoms with Crippen molar-refractivity contribution in [3.63, 3.8) is 0 Å². The molecule has 0 radical (unpaired) electrons. The number of nitrogens with zero attached hydrogens (tertiary/aromatic N) is 14. The molecule has 5 saturated heterocycles. The molecule has 2 aromatic carbocycles. The second-order valence-electron chi connectivity index (χ2n) is 27.7. The van der Waals surface area contributed by atoms with Crippen molar-refractivity contribution in [1.82, 2.24) is 72.7 Å². The standard InChI is InChI=1S/C17H18N4O5.C17H20N4O3.C15H23N3O3.C10H15N3O.C9H18N2O2.C6H7NO2/c1-18-7-3-6-14(18)17(24)20-10-8-19(9-11-20)16(23)12-4-2-5-13(15(12)22)21(25)26;1-19-7-3-6-14(19)17(24)21-10-8-20(9-11-21)16(23)12-4-2-5-13(18)15(12)22;1-15(2,3)21-14(20)18-10-8-17(9-11-18)13(19)12-6-5-7-16(12)4;1-12-6-2-3-9(12)10(14)13-7-4-11-5-8-13;1-9(2,3)13-8(12)11-6-4-10-5-7-11;1-7-4-2-3-5(7)6(8)9/h2-7,22H,8-11H2,1H3;2-7,22H,8-11,18H2,1H3;5-7H,8-11H2,1-4H3;2-3,6,11H,4-5,7-8H2,1H3;10H,4-7H2,1-3H3;2-4H,1H3,(H,8,9). The van der Waals surface area contributed by atoms with E-state index < -0.39 is 33.8 Å². The minimum atomic E-state index is -0.887. The lowest BCUT2D eigenvalue weighted by molar-refractivity contribution is -0.385. The number of piperazine rings is 5. The molecular formula is C74H101N17O16. The second-order valence-corrected chi connectivity index (χ2v) is 27.7. The van der Waals surface area contributed by atoms with Gasteiger partial charge in [-0.1, -0.05) is 12.1 Å². The number of carbonyl (C=O) groups excluding carboxylic acids is 8. The molecule has 33 nitrogen and oxygen atoms in total. The zero-order chi connectivity index (χ0) is 78.4. The van der Waals surface area contributed by atoms with Gasteiger partial charge in [0.05, 0.1) is 21.7 Å². The minimum absolute atomic E-state index is 0.00587. The number of nitrogens with two attached hydrogens (primary N) is 1. The van der Waals surface area contributed by atoms with Crippen LogP contribution in [0.1, 0.15) is 115 Å². The third-order valence-electron chi connectivity index (χ3n) is 17.7. The highest BCUT2D eigenvalue weighted by Crippen LogP contribution is 2.31. The Labute approximate surface area is 621 Å². The monoisotopic (exact) mass is 1480 g/mol. The van der Waals surface area contributed by atoms with Crippen LogP contribution in [0.25, 0.3) is 0 Å². The Kier molecular flexibility index (Phi) is 29.3. The molecule has 12 rings (SSSR count). The lowest BCUT2D eigenvalue weighted by Gasteiger charge is -2.35. The van der Waals surface area contributed by atoms with Crippen LogP contribution in [0.4, 0.5) is 21.0 Å². The number of aromatic nitrogens is 5. The molecule has 107 heavy (non-hydrogen) atoms. The fraction of sp³-hybridized carbons (Fsp3) is 0.446. The third kappa shape index (κ3) is 23.2. The van der Waals surface area contributed by atoms with E-state index in [1.807, 2.05) is 126 Å². The predicted octanol–water partition coefficient (Wildman–Crippen LogP) is 5.49. The maximum absolute atomic E-state index is 12.6. The molecule has 8 amide bonds. The van der Waals surface area contributed by atoms with Gasteiger partial charge in [0.2, 0.25) is 5.75 Å². The second kappa shape index (κ2) is 37.9. The molecule has 0 saturated carbocycles. The number of hydrogen-bond donors (Lipinski definition) is 6. The quantitative estimate of drug-likeness (QED) is 0.0474. The third-order valence-corrected chi connectivity index (χ3v) is 17.7. The van der Waals surface area contributed by atoms with Gasteiger partial charge in [-0.05, 0) is 120 Å². The summed E-state index contributed by atoms with van der Waals surface area (Å²) in [6.45, 7) is 22.9. The molecule has 10 heterocycles. The molecular weight excluding hydrogens is 1380 g/mol. The number of rotatable bonds is 8. The average molecular weight is 1480 g/mol.